The minimum absolute atomic E-state index is 0.0528. The van der Waals surface area contributed by atoms with Crippen LogP contribution < -0.4 is 4.72 Å². The number of sulfonamides is 1. The SMILES string of the molecule is CCCCCCNS(=O)(=O)c1cccnc1C#N. The van der Waals surface area contributed by atoms with Gasteiger partial charge in [0, 0.05) is 12.7 Å². The number of hydrogen-bond donors (Lipinski definition) is 1. The fourth-order valence-electron chi connectivity index (χ4n) is 1.53. The number of nitrogens with one attached hydrogen (secondary N) is 1. The molecule has 0 atom stereocenters. The monoisotopic (exact) mass is 267 g/mol. The quantitative estimate of drug-likeness (QED) is 0.764. The Hall–Kier alpha value is -1.45. The largest absolute Gasteiger partial charge is 0.244 e. The van der Waals surface area contributed by atoms with Crippen molar-refractivity contribution < 1.29 is 8.42 Å². The van der Waals surface area contributed by atoms with Gasteiger partial charge < -0.3 is 0 Å². The van der Waals surface area contributed by atoms with E-state index in [2.05, 4.69) is 16.6 Å². The average Bonchev–Trinajstić information content (AvgIpc) is 2.38. The third-order valence-corrected chi connectivity index (χ3v) is 3.98. The fourth-order valence-corrected chi connectivity index (χ4v) is 2.71. The molecular formula is C12H17N3O2S. The van der Waals surface area contributed by atoms with Gasteiger partial charge in [-0.05, 0) is 18.6 Å². The Morgan fingerprint density at radius 3 is 2.83 bits per heavy atom. The van der Waals surface area contributed by atoms with Gasteiger partial charge in [-0.2, -0.15) is 5.26 Å². The highest BCUT2D eigenvalue weighted by atomic mass is 32.2. The second-order valence-corrected chi connectivity index (χ2v) is 5.66. The molecule has 18 heavy (non-hydrogen) atoms. The molecule has 1 aromatic rings. The number of unbranched alkanes of at least 4 members (excludes halogenated alkanes) is 3. The maximum atomic E-state index is 11.9. The lowest BCUT2D eigenvalue weighted by molar-refractivity contribution is 0.573. The summed E-state index contributed by atoms with van der Waals surface area (Å²) in [5.41, 5.74) is -0.0708. The zero-order valence-electron chi connectivity index (χ0n) is 10.4. The molecule has 0 amide bonds. The molecule has 1 N–H and O–H groups in total. The van der Waals surface area contributed by atoms with E-state index < -0.39 is 10.0 Å². The second kappa shape index (κ2) is 7.09. The standard InChI is InChI=1S/C12H17N3O2S/c1-2-3-4-5-9-15-18(16,17)12-7-6-8-14-11(12)10-13/h6-8,15H,2-5,9H2,1H3. The van der Waals surface area contributed by atoms with Crippen LogP contribution in [-0.4, -0.2) is 19.9 Å². The number of aromatic nitrogens is 1. The van der Waals surface area contributed by atoms with Gasteiger partial charge in [-0.15, -0.1) is 0 Å². The van der Waals surface area contributed by atoms with Crippen molar-refractivity contribution in [3.05, 3.63) is 24.0 Å². The Morgan fingerprint density at radius 2 is 2.17 bits per heavy atom. The van der Waals surface area contributed by atoms with E-state index in [0.29, 0.717) is 6.54 Å². The van der Waals surface area contributed by atoms with Crippen molar-refractivity contribution in [2.45, 2.75) is 37.5 Å². The third kappa shape index (κ3) is 4.09. The maximum Gasteiger partial charge on any atom is 0.243 e. The summed E-state index contributed by atoms with van der Waals surface area (Å²) in [7, 11) is -3.63. The van der Waals surface area contributed by atoms with Crippen LogP contribution in [0.4, 0.5) is 0 Å². The van der Waals surface area contributed by atoms with Crippen molar-refractivity contribution >= 4 is 10.0 Å². The van der Waals surface area contributed by atoms with Gasteiger partial charge >= 0.3 is 0 Å². The predicted molar refractivity (Wildman–Crippen MR) is 68.3 cm³/mol. The van der Waals surface area contributed by atoms with Crippen LogP contribution in [0, 0.1) is 11.3 Å². The molecule has 0 aliphatic rings. The molecule has 0 radical (unpaired) electrons. The Balaban J connectivity index is 2.67. The smallest absolute Gasteiger partial charge is 0.243 e. The van der Waals surface area contributed by atoms with Crippen molar-refractivity contribution in [1.82, 2.24) is 9.71 Å². The summed E-state index contributed by atoms with van der Waals surface area (Å²) in [4.78, 5) is 3.69. The van der Waals surface area contributed by atoms with Crippen LogP contribution in [0.1, 0.15) is 38.3 Å². The van der Waals surface area contributed by atoms with E-state index in [1.807, 2.05) is 0 Å². The first kappa shape index (κ1) is 14.6. The highest BCUT2D eigenvalue weighted by molar-refractivity contribution is 7.89. The van der Waals surface area contributed by atoms with Gasteiger partial charge in [0.15, 0.2) is 5.69 Å². The summed E-state index contributed by atoms with van der Waals surface area (Å²) < 4.78 is 26.4. The average molecular weight is 267 g/mol. The molecule has 0 unspecified atom stereocenters. The van der Waals surface area contributed by atoms with E-state index >= 15 is 0 Å². The minimum Gasteiger partial charge on any atom is -0.244 e. The van der Waals surface area contributed by atoms with Gasteiger partial charge in [0.1, 0.15) is 11.0 Å². The molecule has 1 aromatic heterocycles. The highest BCUT2D eigenvalue weighted by Gasteiger charge is 2.18. The Kier molecular flexibility index (Phi) is 5.75. The second-order valence-electron chi connectivity index (χ2n) is 3.92. The normalized spacial score (nSPS) is 11.1. The topological polar surface area (TPSA) is 82.8 Å². The molecular weight excluding hydrogens is 250 g/mol. The van der Waals surface area contributed by atoms with E-state index in [4.69, 9.17) is 5.26 Å². The zero-order valence-corrected chi connectivity index (χ0v) is 11.2. The lowest BCUT2D eigenvalue weighted by atomic mass is 10.2. The maximum absolute atomic E-state index is 11.9. The van der Waals surface area contributed by atoms with E-state index in [-0.39, 0.29) is 10.6 Å². The van der Waals surface area contributed by atoms with Gasteiger partial charge in [0.05, 0.1) is 0 Å². The van der Waals surface area contributed by atoms with Gasteiger partial charge in [0.25, 0.3) is 0 Å². The Morgan fingerprint density at radius 1 is 1.39 bits per heavy atom. The number of pyridine rings is 1. The van der Waals surface area contributed by atoms with Crippen LogP contribution in [0.25, 0.3) is 0 Å². The zero-order chi connectivity index (χ0) is 13.4. The summed E-state index contributed by atoms with van der Waals surface area (Å²) in [5, 5.41) is 8.82. The number of hydrogen-bond acceptors (Lipinski definition) is 4. The van der Waals surface area contributed by atoms with Gasteiger partial charge in [-0.3, -0.25) is 0 Å². The summed E-state index contributed by atoms with van der Waals surface area (Å²) in [6.45, 7) is 2.49. The molecule has 0 saturated heterocycles. The molecule has 0 bridgehead atoms. The summed E-state index contributed by atoms with van der Waals surface area (Å²) in [5.74, 6) is 0. The fraction of sp³-hybridized carbons (Fsp3) is 0.500. The minimum atomic E-state index is -3.63. The first-order valence-corrected chi connectivity index (χ1v) is 7.45. The molecule has 0 fully saturated rings. The Bertz CT molecular complexity index is 520. The van der Waals surface area contributed by atoms with Crippen LogP contribution in [0.2, 0.25) is 0 Å². The van der Waals surface area contributed by atoms with Crippen LogP contribution in [0.15, 0.2) is 23.2 Å². The third-order valence-electron chi connectivity index (χ3n) is 2.49. The molecule has 0 aliphatic carbocycles. The van der Waals surface area contributed by atoms with Crippen LogP contribution >= 0.6 is 0 Å². The van der Waals surface area contributed by atoms with Crippen molar-refractivity contribution in [2.75, 3.05) is 6.54 Å². The van der Waals surface area contributed by atoms with Crippen LogP contribution in [0.5, 0.6) is 0 Å². The van der Waals surface area contributed by atoms with Gasteiger partial charge in [-0.1, -0.05) is 26.2 Å². The van der Waals surface area contributed by atoms with E-state index in [1.165, 1.54) is 18.3 Å². The molecule has 0 saturated carbocycles. The molecule has 6 heteroatoms. The van der Waals surface area contributed by atoms with Gasteiger partial charge in [-0.25, -0.2) is 18.1 Å². The molecule has 0 aliphatic heterocycles. The van der Waals surface area contributed by atoms with Gasteiger partial charge in [0.2, 0.25) is 10.0 Å². The van der Waals surface area contributed by atoms with Crippen molar-refractivity contribution in [1.29, 1.82) is 5.26 Å². The van der Waals surface area contributed by atoms with Crippen molar-refractivity contribution in [3.63, 3.8) is 0 Å². The molecule has 98 valence electrons. The number of nitrogens with zero attached hydrogens (tertiary/aromatic N) is 2. The lowest BCUT2D eigenvalue weighted by Crippen LogP contribution is -2.25. The molecule has 0 aromatic carbocycles. The lowest BCUT2D eigenvalue weighted by Gasteiger charge is -2.07. The molecule has 1 rings (SSSR count). The number of nitriles is 1. The molecule has 5 nitrogen and oxygen atoms in total. The first-order chi connectivity index (χ1) is 8.61. The van der Waals surface area contributed by atoms with Crippen LogP contribution in [-0.2, 0) is 10.0 Å². The first-order valence-electron chi connectivity index (χ1n) is 5.96. The summed E-state index contributed by atoms with van der Waals surface area (Å²) in [6, 6.07) is 4.68. The highest BCUT2D eigenvalue weighted by Crippen LogP contribution is 2.11. The van der Waals surface area contributed by atoms with E-state index in [1.54, 1.807) is 6.07 Å². The molecule has 1 heterocycles. The molecule has 0 spiro atoms. The van der Waals surface area contributed by atoms with Crippen molar-refractivity contribution in [3.8, 4) is 6.07 Å². The predicted octanol–water partition coefficient (Wildman–Crippen LogP) is 1.81. The van der Waals surface area contributed by atoms with Crippen LogP contribution in [0.3, 0.4) is 0 Å². The van der Waals surface area contributed by atoms with E-state index in [0.717, 1.165) is 25.7 Å². The van der Waals surface area contributed by atoms with E-state index in [9.17, 15) is 8.42 Å². The Labute approximate surface area is 108 Å². The number of rotatable bonds is 7. The summed E-state index contributed by atoms with van der Waals surface area (Å²) in [6.07, 6.45) is 5.40. The summed E-state index contributed by atoms with van der Waals surface area (Å²) >= 11 is 0. The van der Waals surface area contributed by atoms with Crippen molar-refractivity contribution in [2.24, 2.45) is 0 Å².